The average Bonchev–Trinajstić information content (AvgIpc) is 2.48. The zero-order valence-electron chi connectivity index (χ0n) is 7.40. The molecule has 1 heterocycles. The van der Waals surface area contributed by atoms with Crippen molar-refractivity contribution in [3.63, 3.8) is 0 Å². The second-order valence-electron chi connectivity index (χ2n) is 2.87. The minimum atomic E-state index is -0.691. The number of hydrogen-bond donors (Lipinski definition) is 3. The average molecular weight is 217 g/mol. The first-order chi connectivity index (χ1) is 6.58. The lowest BCUT2D eigenvalue weighted by atomic mass is 10.1. The van der Waals surface area contributed by atoms with Crippen LogP contribution in [0.3, 0.4) is 0 Å². The minimum absolute atomic E-state index is 0.145. The molecule has 1 aromatic rings. The van der Waals surface area contributed by atoms with Gasteiger partial charge in [0.1, 0.15) is 0 Å². The van der Waals surface area contributed by atoms with Gasteiger partial charge in [-0.1, -0.05) is 0 Å². The molecule has 0 aliphatic heterocycles. The molecule has 7 heteroatoms. The fourth-order valence-electron chi connectivity index (χ4n) is 0.960. The molecule has 1 amide bonds. The van der Waals surface area contributed by atoms with Crippen LogP contribution in [0.2, 0.25) is 0 Å². The highest BCUT2D eigenvalue weighted by Gasteiger charge is 2.10. The monoisotopic (exact) mass is 217 g/mol. The first-order valence-corrected chi connectivity index (χ1v) is 4.49. The number of nitrogens with zero attached hydrogens (tertiary/aromatic N) is 1. The van der Waals surface area contributed by atoms with Crippen LogP contribution in [0, 0.1) is 4.84 Å². The van der Waals surface area contributed by atoms with E-state index in [9.17, 15) is 9.90 Å². The van der Waals surface area contributed by atoms with Crippen molar-refractivity contribution < 1.29 is 14.3 Å². The summed E-state index contributed by atoms with van der Waals surface area (Å²) >= 11 is 4.65. The van der Waals surface area contributed by atoms with Gasteiger partial charge in [0.25, 0.3) is 4.84 Å². The first kappa shape index (κ1) is 10.9. The van der Waals surface area contributed by atoms with Crippen LogP contribution in [0.5, 0.6) is 0 Å². The van der Waals surface area contributed by atoms with Crippen LogP contribution < -0.4 is 5.73 Å². The number of primary amides is 1. The van der Waals surface area contributed by atoms with Crippen LogP contribution in [0.25, 0.3) is 0 Å². The van der Waals surface area contributed by atoms with E-state index >= 15 is 0 Å². The number of carbonyl (C=O) groups is 1. The Balaban J connectivity index is 2.37. The maximum Gasteiger partial charge on any atom is 0.284 e. The molecule has 0 bridgehead atoms. The fourth-order valence-corrected chi connectivity index (χ4v) is 1.10. The SMILES string of the molecule is NC(=O)CCC(O)Cc1n[nH]c(=S)o1. The summed E-state index contributed by atoms with van der Waals surface area (Å²) in [7, 11) is 0. The largest absolute Gasteiger partial charge is 0.414 e. The molecule has 6 nitrogen and oxygen atoms in total. The minimum Gasteiger partial charge on any atom is -0.414 e. The van der Waals surface area contributed by atoms with Gasteiger partial charge in [-0.25, -0.2) is 5.10 Å². The zero-order valence-corrected chi connectivity index (χ0v) is 8.21. The zero-order chi connectivity index (χ0) is 10.6. The summed E-state index contributed by atoms with van der Waals surface area (Å²) in [5, 5.41) is 15.6. The van der Waals surface area contributed by atoms with Crippen LogP contribution >= 0.6 is 12.2 Å². The van der Waals surface area contributed by atoms with Gasteiger partial charge in [0, 0.05) is 6.42 Å². The molecular formula is C7H11N3O3S. The second-order valence-corrected chi connectivity index (χ2v) is 3.24. The predicted octanol–water partition coefficient (Wildman–Crippen LogP) is -0.0989. The van der Waals surface area contributed by atoms with E-state index in [0.29, 0.717) is 12.3 Å². The van der Waals surface area contributed by atoms with Gasteiger partial charge in [-0.3, -0.25) is 4.79 Å². The quantitative estimate of drug-likeness (QED) is 0.597. The summed E-state index contributed by atoms with van der Waals surface area (Å²) in [6.07, 6.45) is -0.0269. The number of aliphatic hydroxyl groups excluding tert-OH is 1. The van der Waals surface area contributed by atoms with Gasteiger partial charge >= 0.3 is 0 Å². The molecule has 0 spiro atoms. The van der Waals surface area contributed by atoms with Crippen LogP contribution in [0.1, 0.15) is 18.7 Å². The van der Waals surface area contributed by atoms with E-state index < -0.39 is 12.0 Å². The standard InChI is InChI=1S/C7H11N3O3S/c8-5(12)2-1-4(11)3-6-9-10-7(14)13-6/h4,11H,1-3H2,(H2,8,12)(H,10,14). The van der Waals surface area contributed by atoms with Gasteiger partial charge in [0.2, 0.25) is 11.8 Å². The van der Waals surface area contributed by atoms with Crippen LogP contribution in [0.4, 0.5) is 0 Å². The van der Waals surface area contributed by atoms with Gasteiger partial charge in [-0.2, -0.15) is 0 Å². The van der Waals surface area contributed by atoms with E-state index in [2.05, 4.69) is 22.4 Å². The molecular weight excluding hydrogens is 206 g/mol. The molecule has 0 aliphatic carbocycles. The van der Waals surface area contributed by atoms with Gasteiger partial charge in [0.15, 0.2) is 0 Å². The fraction of sp³-hybridized carbons (Fsp3) is 0.571. The van der Waals surface area contributed by atoms with Crippen molar-refractivity contribution in [1.82, 2.24) is 10.2 Å². The van der Waals surface area contributed by atoms with Crippen LogP contribution in [0.15, 0.2) is 4.42 Å². The van der Waals surface area contributed by atoms with Crippen molar-refractivity contribution in [2.45, 2.75) is 25.4 Å². The van der Waals surface area contributed by atoms with Crippen molar-refractivity contribution >= 4 is 18.1 Å². The number of hydrogen-bond acceptors (Lipinski definition) is 5. The van der Waals surface area contributed by atoms with Crippen LogP contribution in [-0.2, 0) is 11.2 Å². The Labute approximate surface area is 85.1 Å². The number of carbonyl (C=O) groups excluding carboxylic acids is 1. The Morgan fingerprint density at radius 2 is 2.50 bits per heavy atom. The highest BCUT2D eigenvalue weighted by molar-refractivity contribution is 7.71. The molecule has 0 saturated carbocycles. The third-order valence-corrected chi connectivity index (χ3v) is 1.79. The Morgan fingerprint density at radius 1 is 1.79 bits per heavy atom. The molecule has 1 unspecified atom stereocenters. The lowest BCUT2D eigenvalue weighted by molar-refractivity contribution is -0.118. The van der Waals surface area contributed by atoms with Crippen molar-refractivity contribution in [2.75, 3.05) is 0 Å². The van der Waals surface area contributed by atoms with Crippen molar-refractivity contribution in [3.8, 4) is 0 Å². The van der Waals surface area contributed by atoms with Gasteiger partial charge in [0.05, 0.1) is 12.5 Å². The van der Waals surface area contributed by atoms with E-state index in [0.717, 1.165) is 0 Å². The molecule has 78 valence electrons. The van der Waals surface area contributed by atoms with Gasteiger partial charge in [-0.05, 0) is 18.6 Å². The molecule has 1 aromatic heterocycles. The maximum absolute atomic E-state index is 10.4. The summed E-state index contributed by atoms with van der Waals surface area (Å²) in [4.78, 5) is 10.6. The van der Waals surface area contributed by atoms with Gasteiger partial charge < -0.3 is 15.3 Å². The molecule has 1 rings (SSSR count). The third-order valence-electron chi connectivity index (χ3n) is 1.62. The number of rotatable bonds is 5. The maximum atomic E-state index is 10.4. The predicted molar refractivity (Wildman–Crippen MR) is 49.8 cm³/mol. The number of aliphatic hydroxyl groups is 1. The topological polar surface area (TPSA) is 105 Å². The van der Waals surface area contributed by atoms with Crippen molar-refractivity contribution in [2.24, 2.45) is 5.73 Å². The van der Waals surface area contributed by atoms with E-state index in [1.165, 1.54) is 0 Å². The highest BCUT2D eigenvalue weighted by atomic mass is 32.1. The normalized spacial score (nSPS) is 12.6. The van der Waals surface area contributed by atoms with Crippen LogP contribution in [-0.4, -0.2) is 27.3 Å². The van der Waals surface area contributed by atoms with Crippen molar-refractivity contribution in [3.05, 3.63) is 10.7 Å². The number of aromatic amines is 1. The van der Waals surface area contributed by atoms with E-state index in [4.69, 9.17) is 10.2 Å². The highest BCUT2D eigenvalue weighted by Crippen LogP contribution is 2.04. The molecule has 0 fully saturated rings. The molecule has 0 radical (unpaired) electrons. The smallest absolute Gasteiger partial charge is 0.284 e. The second kappa shape index (κ2) is 4.87. The number of amides is 1. The van der Waals surface area contributed by atoms with Crippen molar-refractivity contribution in [1.29, 1.82) is 0 Å². The Bertz CT molecular complexity index is 359. The van der Waals surface area contributed by atoms with E-state index in [1.54, 1.807) is 0 Å². The number of H-pyrrole nitrogens is 1. The van der Waals surface area contributed by atoms with Gasteiger partial charge in [-0.15, -0.1) is 5.10 Å². The molecule has 0 saturated heterocycles. The summed E-state index contributed by atoms with van der Waals surface area (Å²) in [6, 6.07) is 0. The Hall–Kier alpha value is -1.21. The Kier molecular flexibility index (Phi) is 3.78. The lowest BCUT2D eigenvalue weighted by Crippen LogP contribution is -2.17. The summed E-state index contributed by atoms with van der Waals surface area (Å²) in [5.41, 5.74) is 4.93. The lowest BCUT2D eigenvalue weighted by Gasteiger charge is -2.04. The number of nitrogens with one attached hydrogen (secondary N) is 1. The summed E-state index contributed by atoms with van der Waals surface area (Å²) in [6.45, 7) is 0. The summed E-state index contributed by atoms with van der Waals surface area (Å²) in [5.74, 6) is -0.112. The molecule has 1 atom stereocenters. The van der Waals surface area contributed by atoms with E-state index in [-0.39, 0.29) is 17.7 Å². The molecule has 4 N–H and O–H groups in total. The summed E-state index contributed by atoms with van der Waals surface area (Å²) < 4.78 is 4.93. The molecule has 0 aromatic carbocycles. The number of nitrogens with two attached hydrogens (primary N) is 1. The first-order valence-electron chi connectivity index (χ1n) is 4.08. The third kappa shape index (κ3) is 3.67. The molecule has 0 aliphatic rings. The number of aromatic nitrogens is 2. The molecule has 14 heavy (non-hydrogen) atoms. The Morgan fingerprint density at radius 3 is 3.00 bits per heavy atom. The van der Waals surface area contributed by atoms with E-state index in [1.807, 2.05) is 0 Å².